The van der Waals surface area contributed by atoms with E-state index in [1.54, 1.807) is 6.08 Å². The van der Waals surface area contributed by atoms with Gasteiger partial charge in [0.25, 0.3) is 0 Å². The van der Waals surface area contributed by atoms with Crippen molar-refractivity contribution in [3.05, 3.63) is 11.6 Å². The summed E-state index contributed by atoms with van der Waals surface area (Å²) in [6, 6.07) is 0. The van der Waals surface area contributed by atoms with E-state index in [9.17, 15) is 4.79 Å². The second-order valence-electron chi connectivity index (χ2n) is 5.66. The Morgan fingerprint density at radius 3 is 2.39 bits per heavy atom. The molecule has 0 amide bonds. The maximum absolute atomic E-state index is 12.3. The summed E-state index contributed by atoms with van der Waals surface area (Å²) >= 11 is 5.58. The Labute approximate surface area is 117 Å². The molecule has 0 radical (unpaired) electrons. The van der Waals surface area contributed by atoms with E-state index in [0.717, 1.165) is 19.3 Å². The van der Waals surface area contributed by atoms with Crippen molar-refractivity contribution in [3.63, 3.8) is 0 Å². The van der Waals surface area contributed by atoms with Crippen LogP contribution in [0.4, 0.5) is 0 Å². The number of unbranched alkanes of at least 4 members (excludes halogenated alkanes) is 4. The lowest BCUT2D eigenvalue weighted by Crippen LogP contribution is -2.32. The molecular weight excluding hydrogens is 244 g/mol. The van der Waals surface area contributed by atoms with Crippen LogP contribution in [0.3, 0.4) is 0 Å². The van der Waals surface area contributed by atoms with Gasteiger partial charge >= 0.3 is 0 Å². The van der Waals surface area contributed by atoms with E-state index >= 15 is 0 Å². The summed E-state index contributed by atoms with van der Waals surface area (Å²) in [5.74, 6) is 0.271. The van der Waals surface area contributed by atoms with Crippen LogP contribution in [0, 0.1) is 5.41 Å². The van der Waals surface area contributed by atoms with E-state index in [4.69, 9.17) is 11.6 Å². The van der Waals surface area contributed by atoms with Gasteiger partial charge < -0.3 is 0 Å². The molecule has 0 atom stereocenters. The van der Waals surface area contributed by atoms with Crippen LogP contribution in [-0.2, 0) is 4.79 Å². The summed E-state index contributed by atoms with van der Waals surface area (Å²) < 4.78 is 0. The fourth-order valence-corrected chi connectivity index (χ4v) is 3.26. The third kappa shape index (κ3) is 4.76. The quantitative estimate of drug-likeness (QED) is 0.413. The summed E-state index contributed by atoms with van der Waals surface area (Å²) in [4.78, 5) is 12.3. The van der Waals surface area contributed by atoms with E-state index in [0.29, 0.717) is 0 Å². The second kappa shape index (κ2) is 8.74. The minimum Gasteiger partial charge on any atom is -0.294 e. The Bertz CT molecular complexity index is 264. The van der Waals surface area contributed by atoms with Gasteiger partial charge in [-0.05, 0) is 25.3 Å². The SMILES string of the molecule is CCCCCCCC1(C(=O)C=CCl)CCCCC1. The molecule has 1 fully saturated rings. The number of halogens is 1. The number of hydrogen-bond donors (Lipinski definition) is 0. The lowest BCUT2D eigenvalue weighted by Gasteiger charge is -2.35. The zero-order valence-electron chi connectivity index (χ0n) is 11.7. The fourth-order valence-electron chi connectivity index (χ4n) is 3.15. The van der Waals surface area contributed by atoms with Crippen molar-refractivity contribution in [2.45, 2.75) is 77.6 Å². The van der Waals surface area contributed by atoms with Crippen LogP contribution >= 0.6 is 11.6 Å². The molecule has 1 aliphatic carbocycles. The first kappa shape index (κ1) is 15.8. The molecule has 0 saturated heterocycles. The zero-order chi connectivity index (χ0) is 13.3. The predicted octanol–water partition coefficient (Wildman–Crippen LogP) is 5.62. The molecule has 1 aliphatic rings. The first-order valence-corrected chi connectivity index (χ1v) is 8.00. The van der Waals surface area contributed by atoms with Gasteiger partial charge in [0.1, 0.15) is 0 Å². The van der Waals surface area contributed by atoms with Crippen LogP contribution < -0.4 is 0 Å². The van der Waals surface area contributed by atoms with E-state index in [1.807, 2.05) is 0 Å². The van der Waals surface area contributed by atoms with Gasteiger partial charge in [0.2, 0.25) is 0 Å². The topological polar surface area (TPSA) is 17.1 Å². The lowest BCUT2D eigenvalue weighted by molar-refractivity contribution is -0.126. The van der Waals surface area contributed by atoms with Crippen molar-refractivity contribution >= 4 is 17.4 Å². The molecule has 0 aromatic carbocycles. The zero-order valence-corrected chi connectivity index (χ0v) is 12.5. The summed E-state index contributed by atoms with van der Waals surface area (Å²) in [6.45, 7) is 2.23. The molecule has 0 spiro atoms. The maximum atomic E-state index is 12.3. The van der Waals surface area contributed by atoms with Crippen LogP contribution in [0.15, 0.2) is 11.6 Å². The minimum atomic E-state index is -0.0736. The molecule has 18 heavy (non-hydrogen) atoms. The van der Waals surface area contributed by atoms with Gasteiger partial charge in [-0.25, -0.2) is 0 Å². The summed E-state index contributed by atoms with van der Waals surface area (Å²) in [6.07, 6.45) is 14.9. The highest BCUT2D eigenvalue weighted by molar-refractivity contribution is 6.27. The van der Waals surface area contributed by atoms with Crippen LogP contribution in [0.2, 0.25) is 0 Å². The Hall–Kier alpha value is -0.300. The molecule has 0 aromatic heterocycles. The van der Waals surface area contributed by atoms with Crippen LogP contribution in [0.1, 0.15) is 77.6 Å². The van der Waals surface area contributed by atoms with Gasteiger partial charge in [0.15, 0.2) is 5.78 Å². The predicted molar refractivity (Wildman–Crippen MR) is 78.9 cm³/mol. The fraction of sp³-hybridized carbons (Fsp3) is 0.812. The van der Waals surface area contributed by atoms with Crippen LogP contribution in [0.5, 0.6) is 0 Å². The maximum Gasteiger partial charge on any atom is 0.162 e. The average Bonchev–Trinajstić information content (AvgIpc) is 2.40. The Morgan fingerprint density at radius 2 is 1.78 bits per heavy atom. The van der Waals surface area contributed by atoms with Crippen LogP contribution in [0.25, 0.3) is 0 Å². The molecule has 2 heteroatoms. The van der Waals surface area contributed by atoms with E-state index < -0.39 is 0 Å². The monoisotopic (exact) mass is 270 g/mol. The third-order valence-corrected chi connectivity index (χ3v) is 4.43. The molecule has 0 heterocycles. The molecule has 0 aliphatic heterocycles. The number of ketones is 1. The Morgan fingerprint density at radius 1 is 1.11 bits per heavy atom. The number of carbonyl (C=O) groups excluding carboxylic acids is 1. The Balaban J connectivity index is 2.47. The van der Waals surface area contributed by atoms with Crippen molar-refractivity contribution in [2.75, 3.05) is 0 Å². The molecule has 0 aromatic rings. The molecule has 1 saturated carbocycles. The number of rotatable bonds is 8. The highest BCUT2D eigenvalue weighted by Crippen LogP contribution is 2.42. The summed E-state index contributed by atoms with van der Waals surface area (Å²) in [5, 5.41) is 0. The minimum absolute atomic E-state index is 0.0736. The van der Waals surface area contributed by atoms with Crippen LogP contribution in [-0.4, -0.2) is 5.78 Å². The summed E-state index contributed by atoms with van der Waals surface area (Å²) in [5.41, 5.74) is 1.31. The average molecular weight is 271 g/mol. The van der Waals surface area contributed by atoms with Crippen molar-refractivity contribution in [3.8, 4) is 0 Å². The number of allylic oxidation sites excluding steroid dienone is 1. The van der Waals surface area contributed by atoms with E-state index in [-0.39, 0.29) is 11.2 Å². The van der Waals surface area contributed by atoms with Gasteiger partial charge in [-0.15, -0.1) is 0 Å². The highest BCUT2D eigenvalue weighted by atomic mass is 35.5. The molecule has 0 N–H and O–H groups in total. The first-order valence-electron chi connectivity index (χ1n) is 7.56. The van der Waals surface area contributed by atoms with Gasteiger partial charge in [0.05, 0.1) is 0 Å². The van der Waals surface area contributed by atoms with Gasteiger partial charge in [0, 0.05) is 11.0 Å². The molecule has 1 nitrogen and oxygen atoms in total. The molecule has 1 rings (SSSR count). The smallest absolute Gasteiger partial charge is 0.162 e. The van der Waals surface area contributed by atoms with Crippen molar-refractivity contribution in [1.82, 2.24) is 0 Å². The third-order valence-electron chi connectivity index (χ3n) is 4.31. The van der Waals surface area contributed by atoms with Crippen molar-refractivity contribution in [1.29, 1.82) is 0 Å². The normalized spacial score (nSPS) is 19.2. The molecular formula is C16H27ClO. The first-order chi connectivity index (χ1) is 8.75. The van der Waals surface area contributed by atoms with Gasteiger partial charge in [-0.2, -0.15) is 0 Å². The summed E-state index contributed by atoms with van der Waals surface area (Å²) in [7, 11) is 0. The van der Waals surface area contributed by atoms with Crippen molar-refractivity contribution in [2.24, 2.45) is 5.41 Å². The second-order valence-corrected chi connectivity index (χ2v) is 5.91. The largest absolute Gasteiger partial charge is 0.294 e. The number of carbonyl (C=O) groups is 1. The van der Waals surface area contributed by atoms with Gasteiger partial charge in [-0.3, -0.25) is 4.79 Å². The van der Waals surface area contributed by atoms with E-state index in [2.05, 4.69) is 6.92 Å². The Kier molecular flexibility index (Phi) is 7.65. The van der Waals surface area contributed by atoms with Crippen molar-refractivity contribution < 1.29 is 4.79 Å². The van der Waals surface area contributed by atoms with Gasteiger partial charge in [-0.1, -0.05) is 69.9 Å². The van der Waals surface area contributed by atoms with E-state index in [1.165, 1.54) is 56.9 Å². The number of hydrogen-bond acceptors (Lipinski definition) is 1. The highest BCUT2D eigenvalue weighted by Gasteiger charge is 2.36. The molecule has 0 unspecified atom stereocenters. The molecule has 104 valence electrons. The lowest BCUT2D eigenvalue weighted by atomic mass is 9.68. The molecule has 0 bridgehead atoms. The standard InChI is InChI=1S/C16H27ClO/c1-2-3-4-5-7-11-16(15(18)10-14-17)12-8-6-9-13-16/h10,14H,2-9,11-13H2,1H3.